The first-order chi connectivity index (χ1) is 14.3. The Labute approximate surface area is 177 Å². The van der Waals surface area contributed by atoms with Crippen LogP contribution >= 0.6 is 0 Å². The molecule has 0 saturated carbocycles. The molecule has 0 aromatic heterocycles. The first-order valence-electron chi connectivity index (χ1n) is 10.1. The van der Waals surface area contributed by atoms with E-state index in [1.165, 1.54) is 12.1 Å². The number of hydrogen-bond donors (Lipinski definition) is 3. The molecule has 1 amide bonds. The quantitative estimate of drug-likeness (QED) is 0.464. The number of amidine groups is 1. The highest BCUT2D eigenvalue weighted by atomic mass is 32.2. The molecule has 160 valence electrons. The number of carbonyl (C=O) groups excluding carboxylic acids is 1. The van der Waals surface area contributed by atoms with E-state index >= 15 is 0 Å². The molecule has 4 N–H and O–H groups in total. The van der Waals surface area contributed by atoms with E-state index in [1.807, 2.05) is 6.92 Å². The lowest BCUT2D eigenvalue weighted by atomic mass is 10.0. The van der Waals surface area contributed by atoms with Crippen LogP contribution < -0.4 is 10.5 Å². The van der Waals surface area contributed by atoms with Gasteiger partial charge in [-0.25, -0.2) is 8.42 Å². The van der Waals surface area contributed by atoms with Crippen LogP contribution in [0.3, 0.4) is 0 Å². The largest absolute Gasteiger partial charge is 0.387 e. The van der Waals surface area contributed by atoms with Crippen molar-refractivity contribution in [3.05, 3.63) is 65.2 Å². The predicted octanol–water partition coefficient (Wildman–Crippen LogP) is 2.51. The molecule has 0 radical (unpaired) electrons. The average molecular weight is 429 g/mol. The number of piperidine rings is 1. The number of amides is 1. The lowest BCUT2D eigenvalue weighted by Gasteiger charge is -2.31. The van der Waals surface area contributed by atoms with Crippen molar-refractivity contribution in [3.63, 3.8) is 0 Å². The summed E-state index contributed by atoms with van der Waals surface area (Å²) in [5.41, 5.74) is 7.81. The number of nitrogens with one attached hydrogen (secondary N) is 2. The average Bonchev–Trinajstić information content (AvgIpc) is 2.73. The van der Waals surface area contributed by atoms with E-state index in [2.05, 4.69) is 4.72 Å². The summed E-state index contributed by atoms with van der Waals surface area (Å²) >= 11 is 0. The molecule has 1 unspecified atom stereocenters. The summed E-state index contributed by atoms with van der Waals surface area (Å²) < 4.78 is 28.6. The number of carbonyl (C=O) groups is 1. The molecule has 1 saturated heterocycles. The minimum Gasteiger partial charge on any atom is -0.387 e. The standard InChI is InChI=1S/C22H28N4O3S/c1-16-5-11-19(12-6-16)30(28,29)25-21(22(27)26-13-3-2-4-14-26)18-9-7-17(8-10-18)15-20(23)24/h5-12,21,25H,2-4,13-15H2,1H3,(H3,23,24). The van der Waals surface area contributed by atoms with Gasteiger partial charge in [-0.2, -0.15) is 4.72 Å². The lowest BCUT2D eigenvalue weighted by molar-refractivity contribution is -0.134. The molecule has 0 aliphatic carbocycles. The van der Waals surface area contributed by atoms with Crippen LogP contribution in [-0.2, 0) is 21.2 Å². The fourth-order valence-electron chi connectivity index (χ4n) is 3.55. The van der Waals surface area contributed by atoms with E-state index in [9.17, 15) is 13.2 Å². The molecule has 3 rings (SSSR count). The molecular formula is C22H28N4O3S. The monoisotopic (exact) mass is 428 g/mol. The summed E-state index contributed by atoms with van der Waals surface area (Å²) in [6.45, 7) is 3.14. The normalized spacial score (nSPS) is 15.6. The Balaban J connectivity index is 1.91. The summed E-state index contributed by atoms with van der Waals surface area (Å²) in [7, 11) is -3.89. The van der Waals surface area contributed by atoms with Crippen molar-refractivity contribution in [1.82, 2.24) is 9.62 Å². The van der Waals surface area contributed by atoms with Gasteiger partial charge in [0.2, 0.25) is 15.9 Å². The van der Waals surface area contributed by atoms with Gasteiger partial charge in [0.25, 0.3) is 0 Å². The van der Waals surface area contributed by atoms with Crippen LogP contribution in [0.5, 0.6) is 0 Å². The maximum atomic E-state index is 13.3. The molecule has 0 spiro atoms. The second-order valence-corrected chi connectivity index (χ2v) is 9.41. The molecule has 1 fully saturated rings. The predicted molar refractivity (Wildman–Crippen MR) is 117 cm³/mol. The topological polar surface area (TPSA) is 116 Å². The first-order valence-corrected chi connectivity index (χ1v) is 11.5. The van der Waals surface area contributed by atoms with Gasteiger partial charge in [0.15, 0.2) is 0 Å². The van der Waals surface area contributed by atoms with Gasteiger partial charge in [0.1, 0.15) is 6.04 Å². The highest BCUT2D eigenvalue weighted by Gasteiger charge is 2.31. The van der Waals surface area contributed by atoms with Crippen molar-refractivity contribution in [2.45, 2.75) is 43.5 Å². The van der Waals surface area contributed by atoms with Crippen LogP contribution in [0.1, 0.15) is 42.0 Å². The number of aryl methyl sites for hydroxylation is 1. The zero-order chi connectivity index (χ0) is 21.7. The van der Waals surface area contributed by atoms with E-state index in [1.54, 1.807) is 41.3 Å². The van der Waals surface area contributed by atoms with Gasteiger partial charge in [-0.3, -0.25) is 10.2 Å². The number of benzene rings is 2. The number of sulfonamides is 1. The molecule has 1 aliphatic heterocycles. The molecule has 30 heavy (non-hydrogen) atoms. The molecular weight excluding hydrogens is 400 g/mol. The minimum atomic E-state index is -3.89. The molecule has 1 atom stereocenters. The maximum Gasteiger partial charge on any atom is 0.245 e. The molecule has 1 heterocycles. The zero-order valence-electron chi connectivity index (χ0n) is 17.1. The third-order valence-corrected chi connectivity index (χ3v) is 6.67. The third-order valence-electron chi connectivity index (χ3n) is 5.23. The number of rotatable bonds is 7. The second-order valence-electron chi connectivity index (χ2n) is 7.70. The van der Waals surface area contributed by atoms with Crippen molar-refractivity contribution in [2.24, 2.45) is 5.73 Å². The lowest BCUT2D eigenvalue weighted by Crippen LogP contribution is -2.44. The Morgan fingerprint density at radius 2 is 1.67 bits per heavy atom. The Morgan fingerprint density at radius 1 is 1.07 bits per heavy atom. The van der Waals surface area contributed by atoms with Crippen molar-refractivity contribution < 1.29 is 13.2 Å². The molecule has 8 heteroatoms. The van der Waals surface area contributed by atoms with Crippen LogP contribution in [-0.4, -0.2) is 38.2 Å². The van der Waals surface area contributed by atoms with E-state index in [0.29, 0.717) is 25.1 Å². The summed E-state index contributed by atoms with van der Waals surface area (Å²) in [6.07, 6.45) is 3.21. The number of hydrogen-bond acceptors (Lipinski definition) is 4. The molecule has 2 aromatic carbocycles. The van der Waals surface area contributed by atoms with Gasteiger partial charge in [-0.05, 0) is 49.4 Å². The molecule has 0 bridgehead atoms. The van der Waals surface area contributed by atoms with E-state index in [-0.39, 0.29) is 16.6 Å². The fourth-order valence-corrected chi connectivity index (χ4v) is 4.72. The van der Waals surface area contributed by atoms with E-state index < -0.39 is 16.1 Å². The van der Waals surface area contributed by atoms with Gasteiger partial charge >= 0.3 is 0 Å². The van der Waals surface area contributed by atoms with Gasteiger partial charge in [0.05, 0.1) is 10.7 Å². The molecule has 2 aromatic rings. The fraction of sp³-hybridized carbons (Fsp3) is 0.364. The third kappa shape index (κ3) is 5.46. The van der Waals surface area contributed by atoms with Gasteiger partial charge in [-0.15, -0.1) is 0 Å². The van der Waals surface area contributed by atoms with Crippen LogP contribution in [0.2, 0.25) is 0 Å². The Bertz CT molecular complexity index is 996. The summed E-state index contributed by atoms with van der Waals surface area (Å²) in [6, 6.07) is 12.5. The molecule has 7 nitrogen and oxygen atoms in total. The van der Waals surface area contributed by atoms with Gasteiger partial charge in [0, 0.05) is 19.5 Å². The number of likely N-dealkylation sites (tertiary alicyclic amines) is 1. The Morgan fingerprint density at radius 3 is 2.23 bits per heavy atom. The zero-order valence-corrected chi connectivity index (χ0v) is 17.9. The number of nitrogens with zero attached hydrogens (tertiary/aromatic N) is 1. The summed E-state index contributed by atoms with van der Waals surface area (Å²) in [4.78, 5) is 15.1. The van der Waals surface area contributed by atoms with E-state index in [0.717, 1.165) is 30.4 Å². The smallest absolute Gasteiger partial charge is 0.245 e. The SMILES string of the molecule is Cc1ccc(S(=O)(=O)NC(C(=O)N2CCCCC2)c2ccc(CC(=N)N)cc2)cc1. The van der Waals surface area contributed by atoms with E-state index in [4.69, 9.17) is 11.1 Å². The highest BCUT2D eigenvalue weighted by Crippen LogP contribution is 2.23. The minimum absolute atomic E-state index is 0.0452. The van der Waals surface area contributed by atoms with Crippen LogP contribution in [0.25, 0.3) is 0 Å². The van der Waals surface area contributed by atoms with Crippen molar-refractivity contribution in [2.75, 3.05) is 13.1 Å². The number of nitrogens with two attached hydrogens (primary N) is 1. The Kier molecular flexibility index (Phi) is 6.89. The van der Waals surface area contributed by atoms with Crippen LogP contribution in [0.4, 0.5) is 0 Å². The van der Waals surface area contributed by atoms with Gasteiger partial charge < -0.3 is 10.6 Å². The maximum absolute atomic E-state index is 13.3. The van der Waals surface area contributed by atoms with Crippen molar-refractivity contribution in [1.29, 1.82) is 5.41 Å². The molecule has 1 aliphatic rings. The van der Waals surface area contributed by atoms with Crippen molar-refractivity contribution in [3.8, 4) is 0 Å². The van der Waals surface area contributed by atoms with Crippen LogP contribution in [0, 0.1) is 12.3 Å². The summed E-state index contributed by atoms with van der Waals surface area (Å²) in [5.74, 6) is -0.200. The van der Waals surface area contributed by atoms with Gasteiger partial charge in [-0.1, -0.05) is 42.0 Å². The first kappa shape index (κ1) is 22.0. The Hall–Kier alpha value is -2.71. The summed E-state index contributed by atoms with van der Waals surface area (Å²) in [5, 5.41) is 7.43. The van der Waals surface area contributed by atoms with Crippen LogP contribution in [0.15, 0.2) is 53.4 Å². The van der Waals surface area contributed by atoms with Crippen molar-refractivity contribution >= 4 is 21.8 Å². The highest BCUT2D eigenvalue weighted by molar-refractivity contribution is 7.89. The second kappa shape index (κ2) is 9.40.